The Kier molecular flexibility index (Phi) is 7.09. The van der Waals surface area contributed by atoms with E-state index in [4.69, 9.17) is 4.74 Å². The van der Waals surface area contributed by atoms with Gasteiger partial charge >= 0.3 is 0 Å². The molecule has 1 heterocycles. The van der Waals surface area contributed by atoms with Crippen molar-refractivity contribution in [3.8, 4) is 5.75 Å². The van der Waals surface area contributed by atoms with Gasteiger partial charge in [-0.3, -0.25) is 4.79 Å². The second-order valence-electron chi connectivity index (χ2n) is 5.76. The summed E-state index contributed by atoms with van der Waals surface area (Å²) in [7, 11) is 0. The molecule has 3 rings (SSSR count). The van der Waals surface area contributed by atoms with Gasteiger partial charge in [0.25, 0.3) is 5.91 Å². The molecule has 2 aromatic rings. The van der Waals surface area contributed by atoms with Crippen molar-refractivity contribution in [1.29, 1.82) is 0 Å². The SMILES string of the molecule is Cl.O=C(NCC1CCCN1)c1ccccc1COc1ccccc1. The van der Waals surface area contributed by atoms with E-state index in [0.717, 1.165) is 24.3 Å². The Labute approximate surface area is 149 Å². The maximum atomic E-state index is 12.4. The summed E-state index contributed by atoms with van der Waals surface area (Å²) >= 11 is 0. The highest BCUT2D eigenvalue weighted by Crippen LogP contribution is 2.15. The Hall–Kier alpha value is -2.04. The van der Waals surface area contributed by atoms with Crippen LogP contribution < -0.4 is 15.4 Å². The highest BCUT2D eigenvalue weighted by Gasteiger charge is 2.16. The van der Waals surface area contributed by atoms with Gasteiger partial charge in [-0.1, -0.05) is 36.4 Å². The maximum absolute atomic E-state index is 12.4. The van der Waals surface area contributed by atoms with Crippen LogP contribution in [0.4, 0.5) is 0 Å². The minimum atomic E-state index is -0.0361. The number of carbonyl (C=O) groups is 1. The summed E-state index contributed by atoms with van der Waals surface area (Å²) in [6, 6.07) is 17.6. The Morgan fingerprint density at radius 1 is 1.12 bits per heavy atom. The van der Waals surface area contributed by atoms with E-state index in [9.17, 15) is 4.79 Å². The first-order valence-corrected chi connectivity index (χ1v) is 8.10. The Bertz CT molecular complexity index is 643. The van der Waals surface area contributed by atoms with Crippen LogP contribution in [0.25, 0.3) is 0 Å². The third-order valence-electron chi connectivity index (χ3n) is 4.07. The lowest BCUT2D eigenvalue weighted by atomic mass is 10.1. The largest absolute Gasteiger partial charge is 0.489 e. The van der Waals surface area contributed by atoms with Gasteiger partial charge in [-0.05, 0) is 37.6 Å². The molecule has 1 aliphatic rings. The van der Waals surface area contributed by atoms with Crippen LogP contribution >= 0.6 is 12.4 Å². The molecule has 0 radical (unpaired) electrons. The van der Waals surface area contributed by atoms with Crippen molar-refractivity contribution in [2.45, 2.75) is 25.5 Å². The van der Waals surface area contributed by atoms with E-state index in [1.54, 1.807) is 0 Å². The number of carbonyl (C=O) groups excluding carboxylic acids is 1. The van der Waals surface area contributed by atoms with Gasteiger partial charge in [0.1, 0.15) is 12.4 Å². The van der Waals surface area contributed by atoms with Crippen molar-refractivity contribution >= 4 is 18.3 Å². The van der Waals surface area contributed by atoms with Crippen LogP contribution in [0.2, 0.25) is 0 Å². The highest BCUT2D eigenvalue weighted by molar-refractivity contribution is 5.95. The monoisotopic (exact) mass is 346 g/mol. The van der Waals surface area contributed by atoms with Gasteiger partial charge in [0.2, 0.25) is 0 Å². The standard InChI is InChI=1S/C19H22N2O2.ClH/c22-19(21-13-16-8-6-12-20-16)18-11-5-4-7-15(18)14-23-17-9-2-1-3-10-17;/h1-5,7,9-11,16,20H,6,8,12-14H2,(H,21,22);1H. The summed E-state index contributed by atoms with van der Waals surface area (Å²) in [4.78, 5) is 12.4. The van der Waals surface area contributed by atoms with E-state index in [1.807, 2.05) is 54.6 Å². The fraction of sp³-hybridized carbons (Fsp3) is 0.316. The lowest BCUT2D eigenvalue weighted by Crippen LogP contribution is -2.37. The van der Waals surface area contributed by atoms with Crippen LogP contribution in [-0.2, 0) is 6.61 Å². The molecule has 1 aliphatic heterocycles. The molecule has 0 spiro atoms. The van der Waals surface area contributed by atoms with Crippen molar-refractivity contribution in [3.63, 3.8) is 0 Å². The Morgan fingerprint density at radius 3 is 2.62 bits per heavy atom. The van der Waals surface area contributed by atoms with Crippen molar-refractivity contribution in [1.82, 2.24) is 10.6 Å². The van der Waals surface area contributed by atoms with Crippen LogP contribution in [-0.4, -0.2) is 25.0 Å². The molecule has 128 valence electrons. The van der Waals surface area contributed by atoms with Crippen LogP contribution in [0, 0.1) is 0 Å². The van der Waals surface area contributed by atoms with Gasteiger partial charge in [-0.2, -0.15) is 0 Å². The molecule has 0 saturated carbocycles. The average molecular weight is 347 g/mol. The number of para-hydroxylation sites is 1. The maximum Gasteiger partial charge on any atom is 0.251 e. The molecule has 0 aliphatic carbocycles. The molecule has 2 aromatic carbocycles. The molecule has 1 fully saturated rings. The molecule has 1 unspecified atom stereocenters. The minimum Gasteiger partial charge on any atom is -0.489 e. The number of ether oxygens (including phenoxy) is 1. The lowest BCUT2D eigenvalue weighted by Gasteiger charge is -2.14. The summed E-state index contributed by atoms with van der Waals surface area (Å²) in [5, 5.41) is 6.41. The minimum absolute atomic E-state index is 0. The molecule has 1 saturated heterocycles. The number of rotatable bonds is 6. The van der Waals surface area contributed by atoms with E-state index in [2.05, 4.69) is 10.6 Å². The molecular formula is C19H23ClN2O2. The first kappa shape index (κ1) is 18.3. The number of amides is 1. The van der Waals surface area contributed by atoms with Crippen molar-refractivity contribution in [3.05, 3.63) is 65.7 Å². The van der Waals surface area contributed by atoms with Gasteiger partial charge < -0.3 is 15.4 Å². The topological polar surface area (TPSA) is 50.4 Å². The van der Waals surface area contributed by atoms with Gasteiger partial charge in [-0.15, -0.1) is 12.4 Å². The Morgan fingerprint density at radius 2 is 1.88 bits per heavy atom. The summed E-state index contributed by atoms with van der Waals surface area (Å²) in [6.45, 7) is 2.10. The summed E-state index contributed by atoms with van der Waals surface area (Å²) in [5.74, 6) is 0.767. The van der Waals surface area contributed by atoms with Crippen LogP contribution in [0.5, 0.6) is 5.75 Å². The molecular weight excluding hydrogens is 324 g/mol. The smallest absolute Gasteiger partial charge is 0.251 e. The Balaban J connectivity index is 0.00000208. The van der Waals surface area contributed by atoms with Gasteiger partial charge in [-0.25, -0.2) is 0 Å². The molecule has 4 nitrogen and oxygen atoms in total. The van der Waals surface area contributed by atoms with Crippen molar-refractivity contribution < 1.29 is 9.53 Å². The summed E-state index contributed by atoms with van der Waals surface area (Å²) in [6.07, 6.45) is 2.31. The molecule has 1 amide bonds. The number of nitrogens with one attached hydrogen (secondary N) is 2. The second-order valence-corrected chi connectivity index (χ2v) is 5.76. The zero-order valence-corrected chi connectivity index (χ0v) is 14.4. The molecule has 5 heteroatoms. The van der Waals surface area contributed by atoms with E-state index in [-0.39, 0.29) is 18.3 Å². The molecule has 24 heavy (non-hydrogen) atoms. The molecule has 0 bridgehead atoms. The number of hydrogen-bond donors (Lipinski definition) is 2. The quantitative estimate of drug-likeness (QED) is 0.844. The van der Waals surface area contributed by atoms with Crippen LogP contribution in [0.3, 0.4) is 0 Å². The summed E-state index contributed by atoms with van der Waals surface area (Å²) in [5.41, 5.74) is 1.58. The molecule has 0 aromatic heterocycles. The zero-order chi connectivity index (χ0) is 15.9. The first-order chi connectivity index (χ1) is 11.3. The zero-order valence-electron chi connectivity index (χ0n) is 13.5. The normalized spacial score (nSPS) is 16.2. The second kappa shape index (κ2) is 9.30. The summed E-state index contributed by atoms with van der Waals surface area (Å²) < 4.78 is 5.77. The predicted molar refractivity (Wildman–Crippen MR) is 97.8 cm³/mol. The molecule has 1 atom stereocenters. The lowest BCUT2D eigenvalue weighted by molar-refractivity contribution is 0.0948. The fourth-order valence-electron chi connectivity index (χ4n) is 2.79. The van der Waals surface area contributed by atoms with Gasteiger partial charge in [0.05, 0.1) is 0 Å². The van der Waals surface area contributed by atoms with E-state index < -0.39 is 0 Å². The van der Waals surface area contributed by atoms with E-state index >= 15 is 0 Å². The van der Waals surface area contributed by atoms with Gasteiger partial charge in [0.15, 0.2) is 0 Å². The van der Waals surface area contributed by atoms with Crippen LogP contribution in [0.15, 0.2) is 54.6 Å². The van der Waals surface area contributed by atoms with Gasteiger partial charge in [0, 0.05) is 23.7 Å². The predicted octanol–water partition coefficient (Wildman–Crippen LogP) is 3.17. The third kappa shape index (κ3) is 4.98. The van der Waals surface area contributed by atoms with E-state index in [1.165, 1.54) is 6.42 Å². The fourth-order valence-corrected chi connectivity index (χ4v) is 2.79. The number of benzene rings is 2. The van der Waals surface area contributed by atoms with Crippen LogP contribution in [0.1, 0.15) is 28.8 Å². The van der Waals surface area contributed by atoms with Crippen molar-refractivity contribution in [2.24, 2.45) is 0 Å². The molecule has 2 N–H and O–H groups in total. The third-order valence-corrected chi connectivity index (χ3v) is 4.07. The van der Waals surface area contributed by atoms with Crippen molar-refractivity contribution in [2.75, 3.05) is 13.1 Å². The van der Waals surface area contributed by atoms with E-state index in [0.29, 0.717) is 24.8 Å². The number of halogens is 1. The average Bonchev–Trinajstić information content (AvgIpc) is 3.12. The highest BCUT2D eigenvalue weighted by atomic mass is 35.5. The first-order valence-electron chi connectivity index (χ1n) is 8.10. The number of hydrogen-bond acceptors (Lipinski definition) is 3.